The lowest BCUT2D eigenvalue weighted by atomic mass is 9.92. The van der Waals surface area contributed by atoms with E-state index in [1.807, 2.05) is 0 Å². The maximum absolute atomic E-state index is 13.6. The molecule has 5 heterocycles. The fraction of sp³-hybridized carbons (Fsp3) is 0.652. The van der Waals surface area contributed by atoms with Crippen molar-refractivity contribution in [2.45, 2.75) is 69.7 Å². The van der Waals surface area contributed by atoms with E-state index in [4.69, 9.17) is 23.0 Å². The number of nitrogens with one attached hydrogen (secondary N) is 2. The van der Waals surface area contributed by atoms with Crippen LogP contribution in [0.2, 0.25) is 0 Å². The van der Waals surface area contributed by atoms with Gasteiger partial charge in [0.1, 0.15) is 36.4 Å². The van der Waals surface area contributed by atoms with E-state index in [9.17, 15) is 34.0 Å². The van der Waals surface area contributed by atoms with E-state index in [2.05, 4.69) is 9.97 Å². The number of hydrogen-bond donors (Lipinski definition) is 4. The van der Waals surface area contributed by atoms with Crippen molar-refractivity contribution < 1.29 is 37.8 Å². The maximum atomic E-state index is 13.6. The van der Waals surface area contributed by atoms with Crippen molar-refractivity contribution in [1.82, 2.24) is 19.1 Å². The molecule has 0 aromatic carbocycles. The molecule has 16 nitrogen and oxygen atoms in total. The Bertz CT molecular complexity index is 1630. The highest BCUT2D eigenvalue weighted by atomic mass is 31.2. The molecule has 4 bridgehead atoms. The molecule has 0 spiro atoms. The van der Waals surface area contributed by atoms with Gasteiger partial charge in [0.05, 0.1) is 19.3 Å². The predicted octanol–water partition coefficient (Wildman–Crippen LogP) is -1.21. The number of hydrogen-bond acceptors (Lipinski definition) is 12. The van der Waals surface area contributed by atoms with Crippen molar-refractivity contribution in [3.05, 3.63) is 65.2 Å². The molecular formula is C23H29N4O12P. The van der Waals surface area contributed by atoms with Crippen molar-refractivity contribution in [3.8, 4) is 0 Å². The summed E-state index contributed by atoms with van der Waals surface area (Å²) in [4.78, 5) is 52.7. The first kappa shape index (κ1) is 27.5. The van der Waals surface area contributed by atoms with Crippen LogP contribution < -0.4 is 22.5 Å². The third-order valence-electron chi connectivity index (χ3n) is 8.28. The van der Waals surface area contributed by atoms with Crippen molar-refractivity contribution >= 4 is 7.82 Å². The zero-order chi connectivity index (χ0) is 28.7. The van der Waals surface area contributed by atoms with Gasteiger partial charge in [-0.25, -0.2) is 14.2 Å². The number of phosphoric ester groups is 1. The van der Waals surface area contributed by atoms with Crippen LogP contribution in [-0.2, 0) is 27.6 Å². The van der Waals surface area contributed by atoms with E-state index in [-0.39, 0.29) is 17.5 Å². The Morgan fingerprint density at radius 2 is 1.65 bits per heavy atom. The molecule has 40 heavy (non-hydrogen) atoms. The zero-order valence-electron chi connectivity index (χ0n) is 21.7. The van der Waals surface area contributed by atoms with Crippen molar-refractivity contribution in [1.29, 1.82) is 0 Å². The lowest BCUT2D eigenvalue weighted by Crippen LogP contribution is -2.55. The summed E-state index contributed by atoms with van der Waals surface area (Å²) in [7, 11) is -4.28. The van der Waals surface area contributed by atoms with Crippen LogP contribution in [-0.4, -0.2) is 72.5 Å². The van der Waals surface area contributed by atoms with E-state index in [1.54, 1.807) is 6.92 Å². The third-order valence-corrected chi connectivity index (χ3v) is 9.71. The molecule has 4 N–H and O–H groups in total. The largest absolute Gasteiger partial charge is 0.475 e. The number of ether oxygens (including phenoxy) is 2. The van der Waals surface area contributed by atoms with E-state index >= 15 is 0 Å². The molecule has 218 valence electrons. The average Bonchev–Trinajstić information content (AvgIpc) is 3.47. The Hall–Kier alpha value is -2.69. The number of aromatic nitrogens is 4. The molecule has 3 aliphatic heterocycles. The van der Waals surface area contributed by atoms with Gasteiger partial charge in [0.25, 0.3) is 11.1 Å². The molecule has 0 unspecified atom stereocenters. The Morgan fingerprint density at radius 3 is 2.30 bits per heavy atom. The fourth-order valence-electron chi connectivity index (χ4n) is 6.20. The van der Waals surface area contributed by atoms with Gasteiger partial charge in [-0.3, -0.25) is 42.3 Å². The standard InChI is InChI=1S/C23H29N4O12P/c1-9-5-26(21(32)24-18(9)30)14-4-12(29)13(36-14)7-35-40(34)38-16-11(3)15-17(39-40)23(16,8-28)37-20(15)27-6-10(2)19(31)25-22(27)33/h5-6,11-17,20,28-29H,4,7-8H2,1-3H3,(H,24,30,32)(H,25,31,33)/t11-,12-,13+,14+,15-,16+,17-,20+,23-,40+/m0/s1. The summed E-state index contributed by atoms with van der Waals surface area (Å²) in [5.74, 6) is -0.991. The topological polar surface area (TPSA) is 213 Å². The van der Waals surface area contributed by atoms with Crippen LogP contribution in [0, 0.1) is 25.7 Å². The molecule has 4 aliphatic rings. The third kappa shape index (κ3) is 4.05. The van der Waals surface area contributed by atoms with Crippen molar-refractivity contribution in [2.75, 3.05) is 13.2 Å². The molecule has 17 heteroatoms. The Balaban J connectivity index is 1.20. The maximum Gasteiger partial charge on any atom is 0.475 e. The van der Waals surface area contributed by atoms with Crippen LogP contribution in [0.1, 0.15) is 36.9 Å². The van der Waals surface area contributed by atoms with E-state index in [0.717, 1.165) is 4.57 Å². The molecule has 0 radical (unpaired) electrons. The Kier molecular flexibility index (Phi) is 6.47. The molecule has 2 aromatic rings. The van der Waals surface area contributed by atoms with Gasteiger partial charge in [0, 0.05) is 35.9 Å². The van der Waals surface area contributed by atoms with Crippen LogP contribution in [0.15, 0.2) is 31.6 Å². The van der Waals surface area contributed by atoms with Gasteiger partial charge in [-0.15, -0.1) is 0 Å². The zero-order valence-corrected chi connectivity index (χ0v) is 22.6. The SMILES string of the molecule is Cc1cn([C@@H]2O[C@@]3(CO)[C@@H]4O[P@@](=O)(OC[C@H]5O[C@@H](n6cc(C)c(=O)[nH]c6=O)C[C@@H]5O)O[C@H]3[C@@H]2[C@@H]4C)c(=O)[nH]c1=O. The lowest BCUT2D eigenvalue weighted by molar-refractivity contribution is -0.215. The molecule has 2 aromatic heterocycles. The number of nitrogens with zero attached hydrogens (tertiary/aromatic N) is 2. The van der Waals surface area contributed by atoms with Gasteiger partial charge in [0.2, 0.25) is 0 Å². The first-order valence-electron chi connectivity index (χ1n) is 12.7. The second-order valence-electron chi connectivity index (χ2n) is 10.7. The second-order valence-corrected chi connectivity index (χ2v) is 12.3. The smallest absolute Gasteiger partial charge is 0.393 e. The first-order valence-corrected chi connectivity index (χ1v) is 14.2. The van der Waals surface area contributed by atoms with E-state index in [0.29, 0.717) is 0 Å². The fourth-order valence-corrected chi connectivity index (χ4v) is 7.95. The summed E-state index contributed by atoms with van der Waals surface area (Å²) in [5.41, 5.74) is -3.36. The van der Waals surface area contributed by atoms with Crippen LogP contribution in [0.3, 0.4) is 0 Å². The average molecular weight is 584 g/mol. The van der Waals surface area contributed by atoms with Gasteiger partial charge >= 0.3 is 19.2 Å². The number of aliphatic hydroxyl groups is 2. The molecule has 3 saturated heterocycles. The monoisotopic (exact) mass is 584 g/mol. The molecule has 10 atom stereocenters. The van der Waals surface area contributed by atoms with Crippen LogP contribution in [0.25, 0.3) is 0 Å². The number of phosphoric acid groups is 1. The first-order chi connectivity index (χ1) is 18.9. The highest BCUT2D eigenvalue weighted by molar-refractivity contribution is 7.48. The Morgan fingerprint density at radius 1 is 1.05 bits per heavy atom. The summed E-state index contributed by atoms with van der Waals surface area (Å²) in [6.07, 6.45) is -3.15. The molecule has 0 amide bonds. The second kappa shape index (κ2) is 9.42. The molecule has 1 saturated carbocycles. The summed E-state index contributed by atoms with van der Waals surface area (Å²) in [6, 6.07) is 0. The highest BCUT2D eigenvalue weighted by Crippen LogP contribution is 2.70. The van der Waals surface area contributed by atoms with Gasteiger partial charge in [-0.05, 0) is 19.8 Å². The summed E-state index contributed by atoms with van der Waals surface area (Å²) < 4.78 is 45.0. The van der Waals surface area contributed by atoms with E-state index < -0.39 is 97.8 Å². The number of aliphatic hydroxyl groups excluding tert-OH is 2. The molecule has 1 aliphatic carbocycles. The van der Waals surface area contributed by atoms with Gasteiger partial charge in [-0.2, -0.15) is 0 Å². The molecular weight excluding hydrogens is 555 g/mol. The predicted molar refractivity (Wildman–Crippen MR) is 133 cm³/mol. The molecule has 6 rings (SSSR count). The lowest BCUT2D eigenvalue weighted by Gasteiger charge is -2.43. The number of H-pyrrole nitrogens is 2. The molecule has 4 fully saturated rings. The summed E-state index contributed by atoms with van der Waals surface area (Å²) in [6.45, 7) is 3.87. The normalized spacial score (nSPS) is 40.1. The van der Waals surface area contributed by atoms with Crippen LogP contribution in [0.4, 0.5) is 0 Å². The number of aromatic amines is 2. The van der Waals surface area contributed by atoms with Gasteiger partial charge < -0.3 is 19.7 Å². The number of aryl methyl sites for hydroxylation is 2. The Labute approximate surface area is 225 Å². The minimum absolute atomic E-state index is 0.00622. The summed E-state index contributed by atoms with van der Waals surface area (Å²) >= 11 is 0. The van der Waals surface area contributed by atoms with Crippen molar-refractivity contribution in [3.63, 3.8) is 0 Å². The van der Waals surface area contributed by atoms with Gasteiger partial charge in [0.15, 0.2) is 0 Å². The highest BCUT2D eigenvalue weighted by Gasteiger charge is 2.75. The quantitative estimate of drug-likeness (QED) is 0.294. The van der Waals surface area contributed by atoms with Crippen molar-refractivity contribution in [2.24, 2.45) is 11.8 Å². The van der Waals surface area contributed by atoms with E-state index in [1.165, 1.54) is 30.8 Å². The number of rotatable bonds is 6. The minimum atomic E-state index is -4.28. The van der Waals surface area contributed by atoms with Gasteiger partial charge in [-0.1, -0.05) is 6.92 Å². The minimum Gasteiger partial charge on any atom is -0.393 e. The van der Waals surface area contributed by atoms with Crippen LogP contribution in [0.5, 0.6) is 0 Å². The summed E-state index contributed by atoms with van der Waals surface area (Å²) in [5, 5.41) is 20.9. The van der Waals surface area contributed by atoms with Crippen LogP contribution >= 0.6 is 7.82 Å².